The van der Waals surface area contributed by atoms with Crippen molar-refractivity contribution in [2.75, 3.05) is 0 Å². The third-order valence-electron chi connectivity index (χ3n) is 3.08. The number of hydrogen-bond acceptors (Lipinski definition) is 2. The van der Waals surface area contributed by atoms with Crippen LogP contribution in [0.1, 0.15) is 23.1 Å². The summed E-state index contributed by atoms with van der Waals surface area (Å²) in [6, 6.07) is 4.11. The lowest BCUT2D eigenvalue weighted by atomic mass is 10.2. The Morgan fingerprint density at radius 3 is 2.62 bits per heavy atom. The van der Waals surface area contributed by atoms with Gasteiger partial charge in [-0.25, -0.2) is 18.6 Å². The van der Waals surface area contributed by atoms with Gasteiger partial charge < -0.3 is 9.67 Å². The maximum Gasteiger partial charge on any atom is 0.337 e. The number of halogens is 4. The van der Waals surface area contributed by atoms with Crippen LogP contribution in [0.5, 0.6) is 0 Å². The van der Waals surface area contributed by atoms with Crippen molar-refractivity contribution in [1.29, 1.82) is 0 Å². The molecule has 0 atom stereocenters. The Morgan fingerprint density at radius 1 is 1.43 bits per heavy atom. The maximum atomic E-state index is 13.3. The molecule has 1 aromatic carbocycles. The van der Waals surface area contributed by atoms with Crippen LogP contribution < -0.4 is 0 Å². The molecule has 0 saturated carbocycles. The number of para-hydroxylation sites is 1. The van der Waals surface area contributed by atoms with E-state index in [4.69, 9.17) is 5.11 Å². The van der Waals surface area contributed by atoms with E-state index in [9.17, 15) is 22.4 Å². The van der Waals surface area contributed by atoms with E-state index in [0.717, 1.165) is 4.57 Å². The summed E-state index contributed by atoms with van der Waals surface area (Å²) in [4.78, 5) is 15.2. The number of carboxylic acid groups (broad SMARTS) is 1. The fourth-order valence-corrected chi connectivity index (χ4v) is 2.13. The van der Waals surface area contributed by atoms with Crippen LogP contribution in [0.2, 0.25) is 0 Å². The topological polar surface area (TPSA) is 55.1 Å². The molecule has 0 unspecified atom stereocenters. The van der Waals surface area contributed by atoms with Crippen molar-refractivity contribution in [1.82, 2.24) is 9.55 Å². The molecule has 0 fully saturated rings. The Balaban J connectivity index is 2.68. The molecule has 2 aromatic rings. The summed E-state index contributed by atoms with van der Waals surface area (Å²) in [5.74, 6) is -5.45. The summed E-state index contributed by atoms with van der Waals surface area (Å²) in [7, 11) is 0. The van der Waals surface area contributed by atoms with Crippen molar-refractivity contribution in [2.24, 2.45) is 0 Å². The molecule has 1 N–H and O–H groups in total. The predicted molar refractivity (Wildman–Crippen MR) is 67.0 cm³/mol. The average molecular weight is 304 g/mol. The van der Waals surface area contributed by atoms with E-state index in [2.05, 4.69) is 4.98 Å². The standard InChI is InChI=1S/C13H12F4N2O2/c1-2-9-18-8-5-3-4-7(11(20)21)10(8)19(9)6-13(16,17)12(14)15/h3-5,12H,2,6H2,1H3,(H,20,21). The minimum absolute atomic E-state index is 0.0674. The number of nitrogens with zero attached hydrogens (tertiary/aromatic N) is 2. The quantitative estimate of drug-likeness (QED) is 0.863. The van der Waals surface area contributed by atoms with Gasteiger partial charge in [-0.1, -0.05) is 13.0 Å². The van der Waals surface area contributed by atoms with E-state index in [-0.39, 0.29) is 28.8 Å². The van der Waals surface area contributed by atoms with Crippen LogP contribution in [0.15, 0.2) is 18.2 Å². The van der Waals surface area contributed by atoms with Crippen LogP contribution in [-0.2, 0) is 13.0 Å². The summed E-state index contributed by atoms with van der Waals surface area (Å²) in [6.07, 6.45) is -3.62. The fraction of sp³-hybridized carbons (Fsp3) is 0.385. The van der Waals surface area contributed by atoms with Gasteiger partial charge in [0.05, 0.1) is 23.1 Å². The first-order valence-corrected chi connectivity index (χ1v) is 6.15. The van der Waals surface area contributed by atoms with Crippen LogP contribution in [0, 0.1) is 0 Å². The molecule has 0 aliphatic carbocycles. The number of aromatic nitrogens is 2. The van der Waals surface area contributed by atoms with E-state index in [1.165, 1.54) is 18.2 Å². The minimum atomic E-state index is -4.26. The summed E-state index contributed by atoms with van der Waals surface area (Å²) in [6.45, 7) is 0.313. The number of hydrogen-bond donors (Lipinski definition) is 1. The Morgan fingerprint density at radius 2 is 2.10 bits per heavy atom. The van der Waals surface area contributed by atoms with Gasteiger partial charge >= 0.3 is 18.3 Å². The van der Waals surface area contributed by atoms with E-state index >= 15 is 0 Å². The Hall–Kier alpha value is -2.12. The second kappa shape index (κ2) is 5.34. The summed E-state index contributed by atoms with van der Waals surface area (Å²) in [5, 5.41) is 9.12. The SMILES string of the molecule is CCc1nc2cccc(C(=O)O)c2n1CC(F)(F)C(F)F. The van der Waals surface area contributed by atoms with Gasteiger partial charge in [-0.2, -0.15) is 8.78 Å². The monoisotopic (exact) mass is 304 g/mol. The highest BCUT2D eigenvalue weighted by Crippen LogP contribution is 2.29. The maximum absolute atomic E-state index is 13.3. The number of benzene rings is 1. The molecule has 2 rings (SSSR count). The van der Waals surface area contributed by atoms with Gasteiger partial charge in [0.15, 0.2) is 0 Å². The molecule has 0 aliphatic rings. The normalized spacial score (nSPS) is 12.3. The molecule has 1 aromatic heterocycles. The molecule has 0 aliphatic heterocycles. The zero-order valence-electron chi connectivity index (χ0n) is 11.0. The summed E-state index contributed by atoms with van der Waals surface area (Å²) >= 11 is 0. The van der Waals surface area contributed by atoms with Crippen molar-refractivity contribution < 1.29 is 27.5 Å². The number of aromatic carboxylic acids is 1. The van der Waals surface area contributed by atoms with Crippen LogP contribution in [-0.4, -0.2) is 33.0 Å². The number of carbonyl (C=O) groups is 1. The zero-order chi connectivity index (χ0) is 15.8. The van der Waals surface area contributed by atoms with Gasteiger partial charge in [0.2, 0.25) is 0 Å². The first-order valence-electron chi connectivity index (χ1n) is 6.15. The number of imidazole rings is 1. The smallest absolute Gasteiger partial charge is 0.337 e. The van der Waals surface area contributed by atoms with Crippen LogP contribution in [0.3, 0.4) is 0 Å². The average Bonchev–Trinajstić information content (AvgIpc) is 2.75. The molecule has 4 nitrogen and oxygen atoms in total. The van der Waals surface area contributed by atoms with Gasteiger partial charge in [-0.3, -0.25) is 0 Å². The zero-order valence-corrected chi connectivity index (χ0v) is 11.0. The second-order valence-corrected chi connectivity index (χ2v) is 4.51. The van der Waals surface area contributed by atoms with Crippen LogP contribution in [0.25, 0.3) is 11.0 Å². The molecule has 0 radical (unpaired) electrons. The number of aryl methyl sites for hydroxylation is 1. The third-order valence-corrected chi connectivity index (χ3v) is 3.08. The van der Waals surface area contributed by atoms with Gasteiger partial charge in [0, 0.05) is 6.42 Å². The van der Waals surface area contributed by atoms with E-state index in [0.29, 0.717) is 0 Å². The van der Waals surface area contributed by atoms with Gasteiger partial charge in [-0.15, -0.1) is 0 Å². The molecule has 0 spiro atoms. The van der Waals surface area contributed by atoms with Crippen molar-refractivity contribution in [3.63, 3.8) is 0 Å². The molecule has 114 valence electrons. The van der Waals surface area contributed by atoms with Crippen molar-refractivity contribution in [2.45, 2.75) is 32.2 Å². The molecule has 8 heteroatoms. The third kappa shape index (κ3) is 2.70. The molecule has 0 bridgehead atoms. The molecular weight excluding hydrogens is 292 g/mol. The molecular formula is C13H12F4N2O2. The Kier molecular flexibility index (Phi) is 3.89. The lowest BCUT2D eigenvalue weighted by Gasteiger charge is -2.18. The fourth-order valence-electron chi connectivity index (χ4n) is 2.13. The summed E-state index contributed by atoms with van der Waals surface area (Å²) in [5.41, 5.74) is -0.122. The first-order chi connectivity index (χ1) is 9.77. The molecule has 1 heterocycles. The van der Waals surface area contributed by atoms with Gasteiger partial charge in [0.25, 0.3) is 0 Å². The largest absolute Gasteiger partial charge is 0.478 e. The van der Waals surface area contributed by atoms with Gasteiger partial charge in [0.1, 0.15) is 5.82 Å². The number of carboxylic acids is 1. The highest BCUT2D eigenvalue weighted by Gasteiger charge is 2.42. The number of fused-ring (bicyclic) bond motifs is 1. The molecule has 0 amide bonds. The van der Waals surface area contributed by atoms with Gasteiger partial charge in [-0.05, 0) is 12.1 Å². The minimum Gasteiger partial charge on any atom is -0.478 e. The van der Waals surface area contributed by atoms with Crippen molar-refractivity contribution in [3.05, 3.63) is 29.6 Å². The van der Waals surface area contributed by atoms with Crippen molar-refractivity contribution >= 4 is 17.0 Å². The van der Waals surface area contributed by atoms with Crippen molar-refractivity contribution in [3.8, 4) is 0 Å². The lowest BCUT2D eigenvalue weighted by Crippen LogP contribution is -2.32. The Bertz CT molecular complexity index is 682. The summed E-state index contributed by atoms with van der Waals surface area (Å²) < 4.78 is 52.3. The highest BCUT2D eigenvalue weighted by molar-refractivity contribution is 6.01. The highest BCUT2D eigenvalue weighted by atomic mass is 19.3. The van der Waals surface area contributed by atoms with Crippen LogP contribution in [0.4, 0.5) is 17.6 Å². The van der Waals surface area contributed by atoms with E-state index in [1.54, 1.807) is 6.92 Å². The van der Waals surface area contributed by atoms with E-state index < -0.39 is 24.9 Å². The molecule has 21 heavy (non-hydrogen) atoms. The first kappa shape index (κ1) is 15.3. The molecule has 0 saturated heterocycles. The Labute approximate surface area is 117 Å². The van der Waals surface area contributed by atoms with Crippen LogP contribution >= 0.6 is 0 Å². The second-order valence-electron chi connectivity index (χ2n) is 4.51. The number of rotatable bonds is 5. The van der Waals surface area contributed by atoms with E-state index in [1.807, 2.05) is 0 Å². The number of alkyl halides is 4. The lowest BCUT2D eigenvalue weighted by molar-refractivity contribution is -0.137. The predicted octanol–water partition coefficient (Wildman–Crippen LogP) is 3.20.